The molecule has 0 unspecified atom stereocenters. The van der Waals surface area contributed by atoms with E-state index in [0.29, 0.717) is 5.56 Å². The average Bonchev–Trinajstić information content (AvgIpc) is 2.66. The van der Waals surface area contributed by atoms with Gasteiger partial charge in [0.05, 0.1) is 18.2 Å². The van der Waals surface area contributed by atoms with Gasteiger partial charge in [0, 0.05) is 17.3 Å². The molecule has 3 rings (SSSR count). The smallest absolute Gasteiger partial charge is 0.416 e. The summed E-state index contributed by atoms with van der Waals surface area (Å²) in [4.78, 5) is 13.7. The molecule has 33 heavy (non-hydrogen) atoms. The maximum atomic E-state index is 13.7. The summed E-state index contributed by atoms with van der Waals surface area (Å²) in [5.41, 5.74) is -1.34. The van der Waals surface area contributed by atoms with Crippen molar-refractivity contribution in [3.63, 3.8) is 0 Å². The van der Waals surface area contributed by atoms with Gasteiger partial charge in [0.15, 0.2) is 9.04 Å². The lowest BCUT2D eigenvalue weighted by Gasteiger charge is -2.43. The topological polar surface area (TPSA) is 60.7 Å². The number of halogens is 3. The van der Waals surface area contributed by atoms with Gasteiger partial charge in [0.25, 0.3) is 5.56 Å². The zero-order valence-corrected chi connectivity index (χ0v) is 21.2. The Morgan fingerprint density at radius 2 is 1.82 bits per heavy atom. The first-order valence-corrected chi connectivity index (χ1v) is 13.8. The molecule has 0 aliphatic carbocycles. The van der Waals surface area contributed by atoms with Crippen molar-refractivity contribution in [3.8, 4) is 5.75 Å². The second-order valence-electron chi connectivity index (χ2n) is 10.4. The SMILES string of the molecule is C[SiH](C)OCc1c(C(C)(C)C)ccn([C@H]2c3cc(C(F)(F)F)ccc3OC(C)(C)[C@@H]2O)c1=O. The summed E-state index contributed by atoms with van der Waals surface area (Å²) >= 11 is 0. The number of nitrogens with zero attached hydrogens (tertiary/aromatic N) is 1. The predicted octanol–water partition coefficient (Wildman–Crippen LogP) is 4.79. The van der Waals surface area contributed by atoms with Gasteiger partial charge >= 0.3 is 6.18 Å². The second-order valence-corrected chi connectivity index (χ2v) is 12.8. The lowest BCUT2D eigenvalue weighted by Crippen LogP contribution is -2.52. The molecule has 1 aliphatic rings. The largest absolute Gasteiger partial charge is 0.485 e. The highest BCUT2D eigenvalue weighted by Gasteiger charge is 2.45. The van der Waals surface area contributed by atoms with Gasteiger partial charge in [-0.05, 0) is 62.2 Å². The van der Waals surface area contributed by atoms with Crippen LogP contribution in [-0.4, -0.2) is 30.4 Å². The number of aromatic nitrogens is 1. The third-order valence-electron chi connectivity index (χ3n) is 5.93. The Morgan fingerprint density at radius 1 is 1.18 bits per heavy atom. The van der Waals surface area contributed by atoms with E-state index in [1.807, 2.05) is 33.9 Å². The highest BCUT2D eigenvalue weighted by molar-refractivity contribution is 6.48. The Balaban J connectivity index is 2.27. The molecular formula is C24H32F3NO4Si. The van der Waals surface area contributed by atoms with Gasteiger partial charge in [0.2, 0.25) is 0 Å². The maximum Gasteiger partial charge on any atom is 0.416 e. The number of hydrogen-bond donors (Lipinski definition) is 1. The van der Waals surface area contributed by atoms with Crippen molar-refractivity contribution in [1.29, 1.82) is 0 Å². The zero-order valence-electron chi connectivity index (χ0n) is 20.1. The number of fused-ring (bicyclic) bond motifs is 1. The monoisotopic (exact) mass is 483 g/mol. The van der Waals surface area contributed by atoms with Gasteiger partial charge in [-0.3, -0.25) is 4.79 Å². The van der Waals surface area contributed by atoms with Gasteiger partial charge in [-0.1, -0.05) is 20.8 Å². The van der Waals surface area contributed by atoms with E-state index in [9.17, 15) is 23.1 Å². The minimum atomic E-state index is -4.57. The van der Waals surface area contributed by atoms with Crippen LogP contribution in [-0.2, 0) is 22.6 Å². The van der Waals surface area contributed by atoms with Crippen molar-refractivity contribution in [3.05, 3.63) is 63.1 Å². The predicted molar refractivity (Wildman–Crippen MR) is 123 cm³/mol. The Labute approximate surface area is 193 Å². The molecular weight excluding hydrogens is 451 g/mol. The summed E-state index contributed by atoms with van der Waals surface area (Å²) in [6.07, 6.45) is -4.28. The summed E-state index contributed by atoms with van der Waals surface area (Å²) in [6.45, 7) is 13.4. The first-order valence-electron chi connectivity index (χ1n) is 11.0. The highest BCUT2D eigenvalue weighted by Crippen LogP contribution is 2.44. The van der Waals surface area contributed by atoms with Crippen molar-refractivity contribution in [1.82, 2.24) is 4.57 Å². The van der Waals surface area contributed by atoms with E-state index in [1.54, 1.807) is 26.1 Å². The van der Waals surface area contributed by atoms with E-state index < -0.39 is 38.5 Å². The molecule has 0 saturated carbocycles. The minimum Gasteiger partial charge on any atom is -0.485 e. The molecule has 0 amide bonds. The number of aliphatic hydroxyl groups excluding tert-OH is 1. The van der Waals surface area contributed by atoms with Gasteiger partial charge in [-0.25, -0.2) is 0 Å². The molecule has 9 heteroatoms. The summed E-state index contributed by atoms with van der Waals surface area (Å²) in [7, 11) is -1.44. The molecule has 1 aromatic carbocycles. The fourth-order valence-corrected chi connectivity index (χ4v) is 4.65. The Morgan fingerprint density at radius 3 is 2.36 bits per heavy atom. The van der Waals surface area contributed by atoms with Crippen LogP contribution in [0.4, 0.5) is 13.2 Å². The van der Waals surface area contributed by atoms with E-state index in [4.69, 9.17) is 9.16 Å². The van der Waals surface area contributed by atoms with Crippen LogP contribution in [0.3, 0.4) is 0 Å². The molecule has 182 valence electrons. The molecule has 0 radical (unpaired) electrons. The van der Waals surface area contributed by atoms with Crippen molar-refractivity contribution >= 4 is 9.04 Å². The summed E-state index contributed by atoms with van der Waals surface area (Å²) < 4.78 is 53.4. The normalized spacial score (nSPS) is 20.5. The number of hydrogen-bond acceptors (Lipinski definition) is 4. The third kappa shape index (κ3) is 5.05. The van der Waals surface area contributed by atoms with E-state index in [1.165, 1.54) is 10.6 Å². The van der Waals surface area contributed by atoms with Crippen LogP contribution in [0, 0.1) is 0 Å². The van der Waals surface area contributed by atoms with Gasteiger partial charge in [-0.2, -0.15) is 13.2 Å². The van der Waals surface area contributed by atoms with Crippen LogP contribution in [0.5, 0.6) is 5.75 Å². The molecule has 5 nitrogen and oxygen atoms in total. The lowest BCUT2D eigenvalue weighted by atomic mass is 9.83. The van der Waals surface area contributed by atoms with Crippen molar-refractivity contribution in [2.24, 2.45) is 0 Å². The average molecular weight is 484 g/mol. The van der Waals surface area contributed by atoms with Crippen molar-refractivity contribution < 1.29 is 27.4 Å². The Kier molecular flexibility index (Phi) is 6.65. The molecule has 1 N–H and O–H groups in total. The molecule has 2 heterocycles. The van der Waals surface area contributed by atoms with Crippen LogP contribution in [0.15, 0.2) is 35.3 Å². The summed E-state index contributed by atoms with van der Waals surface area (Å²) in [5, 5.41) is 11.2. The second kappa shape index (κ2) is 8.59. The molecule has 0 bridgehead atoms. The molecule has 0 fully saturated rings. The number of rotatable bonds is 4. The fraction of sp³-hybridized carbons (Fsp3) is 0.542. The number of ether oxygens (including phenoxy) is 1. The van der Waals surface area contributed by atoms with E-state index in [0.717, 1.165) is 17.7 Å². The molecule has 1 aliphatic heterocycles. The number of alkyl halides is 3. The lowest BCUT2D eigenvalue weighted by molar-refractivity contribution is -0.137. The van der Waals surface area contributed by atoms with E-state index >= 15 is 0 Å². The number of benzene rings is 1. The van der Waals surface area contributed by atoms with Crippen LogP contribution < -0.4 is 10.3 Å². The van der Waals surface area contributed by atoms with Gasteiger partial charge in [0.1, 0.15) is 17.5 Å². The molecule has 2 atom stereocenters. The van der Waals surface area contributed by atoms with Crippen LogP contribution in [0.2, 0.25) is 13.1 Å². The van der Waals surface area contributed by atoms with Crippen LogP contribution in [0.25, 0.3) is 0 Å². The summed E-state index contributed by atoms with van der Waals surface area (Å²) in [5.74, 6) is 0.211. The molecule has 1 aromatic heterocycles. The summed E-state index contributed by atoms with van der Waals surface area (Å²) in [6, 6.07) is 3.90. The zero-order chi connectivity index (χ0) is 24.9. The molecule has 2 aromatic rings. The standard InChI is InChI=1S/C24H32F3NO4Si/c1-22(2,3)17-10-11-28(21(30)16(17)13-31-33(6)7)19-15-12-14(24(25,26)27)8-9-18(15)32-23(4,5)20(19)29/h8-12,19-20,29,33H,13H2,1-7H3/t19-,20+/m0/s1. The first-order chi connectivity index (χ1) is 15.0. The fourth-order valence-electron chi connectivity index (χ4n) is 4.15. The number of pyridine rings is 1. The van der Waals surface area contributed by atoms with Crippen molar-refractivity contribution in [2.75, 3.05) is 0 Å². The minimum absolute atomic E-state index is 0.118. The Bertz CT molecular complexity index is 1090. The Hall–Kier alpha value is -2.10. The highest BCUT2D eigenvalue weighted by atomic mass is 28.3. The molecule has 0 saturated heterocycles. The van der Waals surface area contributed by atoms with Crippen molar-refractivity contribution in [2.45, 2.75) is 83.7 Å². The van der Waals surface area contributed by atoms with Gasteiger partial charge < -0.3 is 18.8 Å². The van der Waals surface area contributed by atoms with E-state index in [2.05, 4.69) is 0 Å². The van der Waals surface area contributed by atoms with Crippen LogP contribution in [0.1, 0.15) is 62.9 Å². The molecule has 0 spiro atoms. The van der Waals surface area contributed by atoms with Crippen LogP contribution >= 0.6 is 0 Å². The number of aliphatic hydroxyl groups is 1. The quantitative estimate of drug-likeness (QED) is 0.636. The van der Waals surface area contributed by atoms with E-state index in [-0.39, 0.29) is 28.9 Å². The van der Waals surface area contributed by atoms with Gasteiger partial charge in [-0.15, -0.1) is 0 Å². The first kappa shape index (κ1) is 25.5. The maximum absolute atomic E-state index is 13.7. The third-order valence-corrected chi connectivity index (χ3v) is 6.76.